The van der Waals surface area contributed by atoms with Gasteiger partial charge in [-0.05, 0) is 66.9 Å². The van der Waals surface area contributed by atoms with Crippen LogP contribution in [0.3, 0.4) is 0 Å². The molecule has 9 heteroatoms. The quantitative estimate of drug-likeness (QED) is 0.100. The molecule has 5 rings (SSSR count). The number of carbonyl (C=O) groups is 1. The number of hydrogen-bond donors (Lipinski definition) is 0. The average molecular weight is 634 g/mol. The van der Waals surface area contributed by atoms with Crippen LogP contribution < -0.4 is 85.5 Å². The molecule has 1 aliphatic carbocycles. The van der Waals surface area contributed by atoms with Gasteiger partial charge in [0.1, 0.15) is 55.9 Å². The number of aliphatic carboxylic acids is 1. The largest absolute Gasteiger partial charge is 1.00 e. The van der Waals surface area contributed by atoms with E-state index in [4.69, 9.17) is 18.6 Å². The van der Waals surface area contributed by atoms with Crippen LogP contribution in [-0.2, 0) is 11.2 Å². The predicted molar refractivity (Wildman–Crippen MR) is 172 cm³/mol. The molecule has 3 aromatic rings. The summed E-state index contributed by atoms with van der Waals surface area (Å²) in [5.74, 6) is 1.81. The first-order chi connectivity index (χ1) is 21.0. The van der Waals surface area contributed by atoms with Crippen molar-refractivity contribution in [3.8, 4) is 39.7 Å². The fourth-order valence-corrected chi connectivity index (χ4v) is 5.35. The normalized spacial score (nSPS) is 10.8. The van der Waals surface area contributed by atoms with Gasteiger partial charge in [-0.25, -0.2) is 4.58 Å². The predicted octanol–water partition coefficient (Wildman–Crippen LogP) is 1.68. The summed E-state index contributed by atoms with van der Waals surface area (Å²) >= 11 is 0. The average Bonchev–Trinajstić information content (AvgIpc) is 2.98. The second-order valence-corrected chi connectivity index (χ2v) is 11.3. The van der Waals surface area contributed by atoms with Crippen molar-refractivity contribution in [2.75, 3.05) is 53.4 Å². The molecule has 0 spiro atoms. The number of benzene rings is 4. The molecule has 0 amide bonds. The van der Waals surface area contributed by atoms with Gasteiger partial charge in [0.25, 0.3) is 0 Å². The van der Waals surface area contributed by atoms with Gasteiger partial charge in [0.05, 0.1) is 13.2 Å². The van der Waals surface area contributed by atoms with Crippen LogP contribution in [0.4, 0.5) is 5.69 Å². The molecule has 0 saturated carbocycles. The van der Waals surface area contributed by atoms with Crippen molar-refractivity contribution in [2.24, 2.45) is 0 Å². The number of hydrogen-bond acceptors (Lipinski definition) is 7. The molecule has 0 saturated heterocycles. The molecule has 0 radical (unpaired) electrons. The Kier molecular flexibility index (Phi) is 11.4. The van der Waals surface area contributed by atoms with Gasteiger partial charge < -0.3 is 33.4 Å². The number of carboxylic acid groups (broad SMARTS) is 1. The zero-order valence-electron chi connectivity index (χ0n) is 27.3. The van der Waals surface area contributed by atoms with Crippen molar-refractivity contribution in [2.45, 2.75) is 20.3 Å². The van der Waals surface area contributed by atoms with Gasteiger partial charge in [-0.2, -0.15) is 0 Å². The van der Waals surface area contributed by atoms with E-state index in [1.165, 1.54) is 0 Å². The van der Waals surface area contributed by atoms with Crippen LogP contribution in [-0.4, -0.2) is 54.5 Å². The summed E-state index contributed by atoms with van der Waals surface area (Å²) in [6, 6.07) is 21.8. The van der Waals surface area contributed by atoms with Gasteiger partial charge in [-0.3, -0.25) is 0 Å². The Labute approximate surface area is 306 Å². The Balaban J connectivity index is 0.00000461. The van der Waals surface area contributed by atoms with Crippen molar-refractivity contribution in [3.05, 3.63) is 88.8 Å². The van der Waals surface area contributed by atoms with Gasteiger partial charge in [-0.15, -0.1) is 0 Å². The number of rotatable bonds is 10. The van der Waals surface area contributed by atoms with E-state index in [2.05, 4.69) is 45.9 Å². The summed E-state index contributed by atoms with van der Waals surface area (Å²) in [7, 11) is 9.72. The maximum Gasteiger partial charge on any atom is 1.00 e. The fourth-order valence-electron chi connectivity index (χ4n) is 5.35. The van der Waals surface area contributed by atoms with Crippen LogP contribution in [0.2, 0.25) is 0 Å². The third kappa shape index (κ3) is 7.73. The summed E-state index contributed by atoms with van der Waals surface area (Å²) in [4.78, 5) is 13.0. The SMILES string of the molecule is COc1cc(C)c(OCCOc2ccc(CC(=O)[O-])cc2C)cc1-c1c2ccc(=[N+](C)C)cc-2oc2cc(N(C)C)ccc12.[K+]. The minimum atomic E-state index is -1.11. The number of methoxy groups -OCH3 is 1. The minimum absolute atomic E-state index is 0. The van der Waals surface area contributed by atoms with Crippen LogP contribution in [0, 0.1) is 13.8 Å². The third-order valence-corrected chi connectivity index (χ3v) is 7.67. The molecular formula is C36H38KN2O6+. The molecule has 0 aromatic heterocycles. The second kappa shape index (κ2) is 14.8. The molecule has 0 unspecified atom stereocenters. The number of fused-ring (bicyclic) bond motifs is 2. The number of ether oxygens (including phenoxy) is 3. The molecular weight excluding hydrogens is 596 g/mol. The molecule has 0 fully saturated rings. The van der Waals surface area contributed by atoms with Crippen LogP contribution in [0.5, 0.6) is 17.2 Å². The van der Waals surface area contributed by atoms with Crippen molar-refractivity contribution in [3.63, 3.8) is 0 Å². The molecule has 8 nitrogen and oxygen atoms in total. The molecule has 2 aliphatic rings. The molecule has 1 heterocycles. The number of carbonyl (C=O) groups excluding carboxylic acids is 1. The van der Waals surface area contributed by atoms with Gasteiger partial charge in [-0.1, -0.05) is 12.1 Å². The van der Waals surface area contributed by atoms with E-state index >= 15 is 0 Å². The first-order valence-electron chi connectivity index (χ1n) is 14.5. The maximum atomic E-state index is 10.9. The first-order valence-corrected chi connectivity index (χ1v) is 14.5. The van der Waals surface area contributed by atoms with Gasteiger partial charge in [0, 0.05) is 66.4 Å². The van der Waals surface area contributed by atoms with Gasteiger partial charge >= 0.3 is 51.4 Å². The van der Waals surface area contributed by atoms with Gasteiger partial charge in [0.2, 0.25) is 5.36 Å². The standard InChI is InChI=1S/C36H38N2O6.K/c1-22-16-24(18-35(39)40)8-13-30(22)42-14-15-43-31-21-29(32(41-7)17-23(31)2)36-27-11-9-25(37(3)4)19-33(27)44-34-20-26(38(5)6)10-12-28(34)36;/h8-13,16-17,19-21H,14-15,18H2,1-7H3;/q;+1. The number of nitrogens with zero attached hydrogens (tertiary/aromatic N) is 2. The van der Waals surface area contributed by atoms with Crippen molar-refractivity contribution in [1.29, 1.82) is 0 Å². The van der Waals surface area contributed by atoms with Crippen molar-refractivity contribution >= 4 is 22.6 Å². The van der Waals surface area contributed by atoms with E-state index in [1.807, 2.05) is 54.2 Å². The zero-order valence-corrected chi connectivity index (χ0v) is 30.4. The van der Waals surface area contributed by atoms with Crippen molar-refractivity contribution in [1.82, 2.24) is 4.58 Å². The summed E-state index contributed by atoms with van der Waals surface area (Å²) < 4.78 is 26.7. The smallest absolute Gasteiger partial charge is 0.550 e. The molecule has 1 aliphatic heterocycles. The molecule has 0 bridgehead atoms. The summed E-state index contributed by atoms with van der Waals surface area (Å²) in [6.07, 6.45) is -0.128. The van der Waals surface area contributed by atoms with Crippen molar-refractivity contribution < 1.29 is 79.9 Å². The number of carboxylic acids is 1. The second-order valence-electron chi connectivity index (χ2n) is 11.3. The van der Waals surface area contributed by atoms with Gasteiger partial charge in [0.15, 0.2) is 0 Å². The fraction of sp³-hybridized carbons (Fsp3) is 0.278. The Morgan fingerprint density at radius 2 is 1.56 bits per heavy atom. The topological polar surface area (TPSA) is 87.2 Å². The van der Waals surface area contributed by atoms with Crippen LogP contribution in [0.25, 0.3) is 33.4 Å². The van der Waals surface area contributed by atoms with E-state index in [0.717, 1.165) is 67.1 Å². The summed E-state index contributed by atoms with van der Waals surface area (Å²) in [5, 5.41) is 12.9. The molecule has 0 atom stereocenters. The van der Waals surface area contributed by atoms with E-state index in [9.17, 15) is 9.90 Å². The monoisotopic (exact) mass is 633 g/mol. The first kappa shape index (κ1) is 34.5. The minimum Gasteiger partial charge on any atom is -0.550 e. The van der Waals surface area contributed by atoms with E-state index in [-0.39, 0.29) is 57.8 Å². The Morgan fingerprint density at radius 1 is 0.844 bits per heavy atom. The van der Waals surface area contributed by atoms with Crippen LogP contribution in [0.15, 0.2) is 71.1 Å². The summed E-state index contributed by atoms with van der Waals surface area (Å²) in [6.45, 7) is 4.51. The van der Waals surface area contributed by atoms with Crippen LogP contribution >= 0.6 is 0 Å². The zero-order chi connectivity index (χ0) is 31.5. The summed E-state index contributed by atoms with van der Waals surface area (Å²) in [5.41, 5.74) is 7.15. The Morgan fingerprint density at radius 3 is 2.20 bits per heavy atom. The Bertz CT molecular complexity index is 1890. The molecule has 0 N–H and O–H groups in total. The van der Waals surface area contributed by atoms with E-state index in [0.29, 0.717) is 24.5 Å². The van der Waals surface area contributed by atoms with Crippen LogP contribution in [0.1, 0.15) is 16.7 Å². The maximum absolute atomic E-state index is 10.9. The number of anilines is 1. The molecule has 228 valence electrons. The Hall–Kier alpha value is -3.34. The molecule has 45 heavy (non-hydrogen) atoms. The van der Waals surface area contributed by atoms with E-state index < -0.39 is 5.97 Å². The number of aryl methyl sites for hydroxylation is 2. The third-order valence-electron chi connectivity index (χ3n) is 7.67. The van der Waals surface area contributed by atoms with E-state index in [1.54, 1.807) is 25.3 Å². The molecule has 3 aromatic carbocycles.